The first-order valence-electron chi connectivity index (χ1n) is 11.3. The Labute approximate surface area is 204 Å². The topological polar surface area (TPSA) is 149 Å². The van der Waals surface area contributed by atoms with E-state index in [1.54, 1.807) is 36.4 Å². The van der Waals surface area contributed by atoms with Crippen molar-refractivity contribution in [3.05, 3.63) is 60.7 Å². The lowest BCUT2D eigenvalue weighted by Gasteiger charge is -2.23. The minimum absolute atomic E-state index is 0.0741. The van der Waals surface area contributed by atoms with Crippen LogP contribution in [0.1, 0.15) is 52.4 Å². The molecule has 0 spiro atoms. The zero-order valence-corrected chi connectivity index (χ0v) is 21.5. The maximum atomic E-state index is 10.4. The second-order valence-electron chi connectivity index (χ2n) is 7.75. The summed E-state index contributed by atoms with van der Waals surface area (Å²) in [6, 6.07) is 14.8. The summed E-state index contributed by atoms with van der Waals surface area (Å²) in [7, 11) is -8.01. The first kappa shape index (κ1) is 32.2. The Morgan fingerprint density at radius 1 is 0.618 bits per heavy atom. The maximum Gasteiger partial charge on any atom is 0.294 e. The van der Waals surface area contributed by atoms with E-state index in [2.05, 4.69) is 13.8 Å². The summed E-state index contributed by atoms with van der Waals surface area (Å²) in [6.45, 7) is 4.78. The molecule has 0 saturated heterocycles. The van der Waals surface area contributed by atoms with E-state index in [1.165, 1.54) is 37.1 Å². The van der Waals surface area contributed by atoms with Gasteiger partial charge in [-0.25, -0.2) is 0 Å². The van der Waals surface area contributed by atoms with Gasteiger partial charge in [0.05, 0.1) is 9.79 Å². The first-order chi connectivity index (χ1) is 16.0. The molecule has 10 heteroatoms. The molecule has 0 aliphatic heterocycles. The Balaban J connectivity index is 0.000000489. The van der Waals surface area contributed by atoms with Gasteiger partial charge in [-0.1, -0.05) is 75.9 Å². The number of hydrogen-bond donors (Lipinski definition) is 4. The van der Waals surface area contributed by atoms with Crippen LogP contribution in [0.3, 0.4) is 0 Å². The molecule has 34 heavy (non-hydrogen) atoms. The number of aliphatic hydroxyl groups excluding tert-OH is 2. The largest absolute Gasteiger partial charge is 0.396 e. The fraction of sp³-hybridized carbons (Fsp3) is 0.500. The molecule has 0 bridgehead atoms. The van der Waals surface area contributed by atoms with Crippen LogP contribution >= 0.6 is 0 Å². The van der Waals surface area contributed by atoms with Crippen LogP contribution in [0, 0.1) is 11.8 Å². The molecular formula is C24H38O8S2. The number of benzene rings is 2. The van der Waals surface area contributed by atoms with Crippen LogP contribution in [0.5, 0.6) is 0 Å². The summed E-state index contributed by atoms with van der Waals surface area (Å²) >= 11 is 0. The molecule has 2 aromatic carbocycles. The lowest BCUT2D eigenvalue weighted by molar-refractivity contribution is 0.105. The second kappa shape index (κ2) is 17.6. The zero-order valence-electron chi connectivity index (χ0n) is 19.8. The van der Waals surface area contributed by atoms with Crippen LogP contribution in [0.2, 0.25) is 0 Å². The number of rotatable bonds is 11. The molecule has 0 aromatic heterocycles. The second-order valence-corrected chi connectivity index (χ2v) is 10.6. The van der Waals surface area contributed by atoms with E-state index in [0.717, 1.165) is 25.7 Å². The first-order valence-corrected chi connectivity index (χ1v) is 14.2. The lowest BCUT2D eigenvalue weighted by atomic mass is 9.85. The third kappa shape index (κ3) is 14.4. The summed E-state index contributed by atoms with van der Waals surface area (Å²) in [6.07, 6.45) is 6.77. The summed E-state index contributed by atoms with van der Waals surface area (Å²) in [4.78, 5) is -0.148. The highest BCUT2D eigenvalue weighted by atomic mass is 32.2. The highest BCUT2D eigenvalue weighted by molar-refractivity contribution is 7.86. The van der Waals surface area contributed by atoms with Gasteiger partial charge in [-0.3, -0.25) is 9.11 Å². The normalized spacial score (nSPS) is 13.0. The van der Waals surface area contributed by atoms with Crippen molar-refractivity contribution in [1.29, 1.82) is 0 Å². The third-order valence-electron chi connectivity index (χ3n) is 5.07. The molecule has 0 aliphatic carbocycles. The van der Waals surface area contributed by atoms with Crippen LogP contribution in [-0.2, 0) is 20.2 Å². The van der Waals surface area contributed by atoms with Crippen LogP contribution in [-0.4, -0.2) is 49.4 Å². The van der Waals surface area contributed by atoms with E-state index < -0.39 is 20.2 Å². The molecule has 0 aliphatic rings. The number of unbranched alkanes of at least 4 members (excludes halogenated alkanes) is 2. The van der Waals surface area contributed by atoms with Gasteiger partial charge in [-0.05, 0) is 48.9 Å². The van der Waals surface area contributed by atoms with Crippen LogP contribution in [0.15, 0.2) is 70.5 Å². The monoisotopic (exact) mass is 518 g/mol. The van der Waals surface area contributed by atoms with E-state index in [0.29, 0.717) is 11.8 Å². The van der Waals surface area contributed by atoms with Gasteiger partial charge in [0.25, 0.3) is 20.2 Å². The van der Waals surface area contributed by atoms with Gasteiger partial charge in [0, 0.05) is 13.2 Å². The summed E-state index contributed by atoms with van der Waals surface area (Å²) in [5, 5.41) is 18.5. The van der Waals surface area contributed by atoms with E-state index in [-0.39, 0.29) is 23.0 Å². The molecule has 0 saturated carbocycles. The van der Waals surface area contributed by atoms with Crippen molar-refractivity contribution in [2.24, 2.45) is 11.8 Å². The van der Waals surface area contributed by atoms with Gasteiger partial charge >= 0.3 is 0 Å². The SMILES string of the molecule is CCCCC(CO)C(CO)CCCC.O=S(=O)(O)c1ccccc1.O=S(=O)(O)c1ccccc1. The highest BCUT2D eigenvalue weighted by Crippen LogP contribution is 2.23. The van der Waals surface area contributed by atoms with Crippen molar-refractivity contribution in [2.75, 3.05) is 13.2 Å². The number of hydrogen-bond acceptors (Lipinski definition) is 6. The molecule has 0 fully saturated rings. The average molecular weight is 519 g/mol. The summed E-state index contributed by atoms with van der Waals surface area (Å²) in [5.74, 6) is 0.623. The minimum Gasteiger partial charge on any atom is -0.396 e. The average Bonchev–Trinajstić information content (AvgIpc) is 2.82. The maximum absolute atomic E-state index is 10.4. The Morgan fingerprint density at radius 3 is 1.09 bits per heavy atom. The molecular weight excluding hydrogens is 480 g/mol. The lowest BCUT2D eigenvalue weighted by Crippen LogP contribution is -2.22. The van der Waals surface area contributed by atoms with Gasteiger partial charge in [-0.15, -0.1) is 0 Å². The smallest absolute Gasteiger partial charge is 0.294 e. The molecule has 0 radical (unpaired) electrons. The van der Waals surface area contributed by atoms with Gasteiger partial charge < -0.3 is 10.2 Å². The molecule has 2 unspecified atom stereocenters. The molecule has 194 valence electrons. The molecule has 4 N–H and O–H groups in total. The van der Waals surface area contributed by atoms with Gasteiger partial charge in [0.2, 0.25) is 0 Å². The zero-order chi connectivity index (χ0) is 26.0. The van der Waals surface area contributed by atoms with Crippen molar-refractivity contribution in [3.8, 4) is 0 Å². The van der Waals surface area contributed by atoms with Gasteiger partial charge in [-0.2, -0.15) is 16.8 Å². The van der Waals surface area contributed by atoms with Gasteiger partial charge in [0.15, 0.2) is 0 Å². The van der Waals surface area contributed by atoms with E-state index in [1.807, 2.05) is 0 Å². The third-order valence-corrected chi connectivity index (χ3v) is 6.81. The Hall–Kier alpha value is -1.82. The van der Waals surface area contributed by atoms with E-state index in [9.17, 15) is 27.0 Å². The fourth-order valence-corrected chi connectivity index (χ4v) is 4.07. The van der Waals surface area contributed by atoms with Crippen LogP contribution < -0.4 is 0 Å². The summed E-state index contributed by atoms with van der Waals surface area (Å²) < 4.78 is 58.5. The Kier molecular flexibility index (Phi) is 16.6. The standard InChI is InChI=1S/C12H26O2.2C6H6O3S/c1-3-5-7-11(9-13)12(10-14)8-6-4-2;2*7-10(8,9)6-4-2-1-3-5-6/h11-14H,3-10H2,1-2H3;2*1-5H,(H,7,8,9). The van der Waals surface area contributed by atoms with E-state index in [4.69, 9.17) is 9.11 Å². The Morgan fingerprint density at radius 2 is 0.912 bits per heavy atom. The molecule has 8 nitrogen and oxygen atoms in total. The fourth-order valence-electron chi connectivity index (χ4n) is 3.07. The predicted molar refractivity (Wildman–Crippen MR) is 133 cm³/mol. The Bertz CT molecular complexity index is 881. The van der Waals surface area contributed by atoms with E-state index >= 15 is 0 Å². The highest BCUT2D eigenvalue weighted by Gasteiger charge is 2.18. The molecule has 2 atom stereocenters. The molecule has 2 rings (SSSR count). The van der Waals surface area contributed by atoms with Gasteiger partial charge in [0.1, 0.15) is 0 Å². The van der Waals surface area contributed by atoms with Crippen molar-refractivity contribution in [2.45, 2.75) is 62.2 Å². The van der Waals surface area contributed by atoms with Crippen LogP contribution in [0.25, 0.3) is 0 Å². The van der Waals surface area contributed by atoms with Crippen LogP contribution in [0.4, 0.5) is 0 Å². The molecule has 2 aromatic rings. The number of aliphatic hydroxyl groups is 2. The quantitative estimate of drug-likeness (QED) is 0.319. The van der Waals surface area contributed by atoms with Crippen molar-refractivity contribution in [1.82, 2.24) is 0 Å². The molecule has 0 heterocycles. The van der Waals surface area contributed by atoms with Crippen molar-refractivity contribution < 1.29 is 36.2 Å². The van der Waals surface area contributed by atoms with Crippen molar-refractivity contribution in [3.63, 3.8) is 0 Å². The van der Waals surface area contributed by atoms with Crippen molar-refractivity contribution >= 4 is 20.2 Å². The predicted octanol–water partition coefficient (Wildman–Crippen LogP) is 4.45. The molecule has 0 amide bonds. The minimum atomic E-state index is -4.00. The summed E-state index contributed by atoms with van der Waals surface area (Å²) in [5.41, 5.74) is 0.